The van der Waals surface area contributed by atoms with Crippen molar-refractivity contribution in [3.8, 4) is 22.9 Å². The number of aromatic nitrogens is 4. The number of nitrogens with zero attached hydrogens (tertiary/aromatic N) is 4. The summed E-state index contributed by atoms with van der Waals surface area (Å²) < 4.78 is 12.4. The number of benzene rings is 1. The lowest BCUT2D eigenvalue weighted by Crippen LogP contribution is -2.15. The van der Waals surface area contributed by atoms with Gasteiger partial charge in [0.05, 0.1) is 30.7 Å². The number of carbonyl (C=O) groups is 1. The maximum atomic E-state index is 12.5. The third-order valence-corrected chi connectivity index (χ3v) is 5.29. The van der Waals surface area contributed by atoms with E-state index in [1.54, 1.807) is 30.6 Å². The summed E-state index contributed by atoms with van der Waals surface area (Å²) in [4.78, 5) is 16.7. The molecule has 3 aromatic rings. The van der Waals surface area contributed by atoms with Crippen LogP contribution in [0.25, 0.3) is 11.4 Å². The normalized spacial score (nSPS) is 10.5. The molecule has 0 aliphatic rings. The van der Waals surface area contributed by atoms with Gasteiger partial charge in [-0.2, -0.15) is 0 Å². The summed E-state index contributed by atoms with van der Waals surface area (Å²) in [5.74, 6) is 1.42. The highest BCUT2D eigenvalue weighted by Gasteiger charge is 2.17. The van der Waals surface area contributed by atoms with Crippen LogP contribution in [0.1, 0.15) is 0 Å². The van der Waals surface area contributed by atoms with Crippen molar-refractivity contribution in [2.45, 2.75) is 11.7 Å². The van der Waals surface area contributed by atoms with E-state index in [9.17, 15) is 4.79 Å². The summed E-state index contributed by atoms with van der Waals surface area (Å²) >= 11 is 7.37. The molecule has 3 rings (SSSR count). The van der Waals surface area contributed by atoms with Crippen LogP contribution in [0.5, 0.6) is 11.5 Å². The highest BCUT2D eigenvalue weighted by atomic mass is 35.5. The number of hydrogen-bond acceptors (Lipinski definition) is 7. The van der Waals surface area contributed by atoms with Crippen LogP contribution in [0.3, 0.4) is 0 Å². The largest absolute Gasteiger partial charge is 0.495 e. The van der Waals surface area contributed by atoms with Gasteiger partial charge in [0.15, 0.2) is 11.0 Å². The Bertz CT molecular complexity index is 1040. The van der Waals surface area contributed by atoms with E-state index < -0.39 is 0 Å². The Balaban J connectivity index is 1.74. The number of ether oxygens (including phenoxy) is 2. The zero-order valence-electron chi connectivity index (χ0n) is 16.5. The van der Waals surface area contributed by atoms with Crippen LogP contribution in [-0.4, -0.2) is 45.6 Å². The van der Waals surface area contributed by atoms with Crippen molar-refractivity contribution in [3.63, 3.8) is 0 Å². The topological polar surface area (TPSA) is 91.2 Å². The molecule has 2 aromatic heterocycles. The van der Waals surface area contributed by atoms with Gasteiger partial charge in [-0.15, -0.1) is 16.8 Å². The molecule has 2 heterocycles. The zero-order chi connectivity index (χ0) is 21.5. The summed E-state index contributed by atoms with van der Waals surface area (Å²) in [5.41, 5.74) is 1.30. The third kappa shape index (κ3) is 4.92. The van der Waals surface area contributed by atoms with E-state index >= 15 is 0 Å². The van der Waals surface area contributed by atoms with E-state index in [1.165, 1.54) is 26.0 Å². The fourth-order valence-electron chi connectivity index (χ4n) is 2.67. The Morgan fingerprint density at radius 1 is 1.30 bits per heavy atom. The van der Waals surface area contributed by atoms with Crippen molar-refractivity contribution in [1.29, 1.82) is 0 Å². The minimum atomic E-state index is -0.237. The fraction of sp³-hybridized carbons (Fsp3) is 0.200. The molecule has 0 saturated heterocycles. The van der Waals surface area contributed by atoms with E-state index in [-0.39, 0.29) is 11.7 Å². The summed E-state index contributed by atoms with van der Waals surface area (Å²) in [7, 11) is 3.00. The van der Waals surface area contributed by atoms with E-state index in [2.05, 4.69) is 27.1 Å². The molecule has 0 radical (unpaired) electrons. The molecule has 1 N–H and O–H groups in total. The summed E-state index contributed by atoms with van der Waals surface area (Å²) in [5, 5.41) is 12.3. The number of nitrogens with one attached hydrogen (secondary N) is 1. The monoisotopic (exact) mass is 445 g/mol. The van der Waals surface area contributed by atoms with Crippen molar-refractivity contribution in [3.05, 3.63) is 54.3 Å². The first-order valence-electron chi connectivity index (χ1n) is 8.86. The average Bonchev–Trinajstić information content (AvgIpc) is 3.16. The van der Waals surface area contributed by atoms with Gasteiger partial charge in [-0.25, -0.2) is 0 Å². The molecule has 10 heteroatoms. The second-order valence-corrected chi connectivity index (χ2v) is 7.32. The van der Waals surface area contributed by atoms with Crippen LogP contribution in [0, 0.1) is 0 Å². The summed E-state index contributed by atoms with van der Waals surface area (Å²) in [6.45, 7) is 4.29. The highest BCUT2D eigenvalue weighted by Crippen LogP contribution is 2.36. The number of anilines is 1. The Kier molecular flexibility index (Phi) is 7.31. The molecule has 30 heavy (non-hydrogen) atoms. The van der Waals surface area contributed by atoms with Crippen LogP contribution in [0.4, 0.5) is 5.69 Å². The Hall–Kier alpha value is -3.04. The predicted octanol–water partition coefficient (Wildman–Crippen LogP) is 3.93. The molecule has 0 aliphatic carbocycles. The van der Waals surface area contributed by atoms with Gasteiger partial charge >= 0.3 is 0 Å². The minimum absolute atomic E-state index is 0.121. The molecule has 0 saturated carbocycles. The lowest BCUT2D eigenvalue weighted by atomic mass is 10.2. The molecular formula is C20H20ClN5O3S. The Labute approximate surface area is 183 Å². The number of carbonyl (C=O) groups excluding carboxylic acids is 1. The van der Waals surface area contributed by atoms with Crippen molar-refractivity contribution < 1.29 is 14.3 Å². The second kappa shape index (κ2) is 10.1. The van der Waals surface area contributed by atoms with E-state index in [1.807, 2.05) is 16.7 Å². The Morgan fingerprint density at radius 2 is 2.10 bits per heavy atom. The maximum Gasteiger partial charge on any atom is 0.234 e. The van der Waals surface area contributed by atoms with Crippen molar-refractivity contribution in [2.75, 3.05) is 25.3 Å². The Morgan fingerprint density at radius 3 is 2.77 bits per heavy atom. The molecule has 1 aromatic carbocycles. The standard InChI is InChI=1S/C20H20ClN5O3S/c1-4-8-26-19(13-6-5-7-22-11-13)24-25-20(26)30-12-18(27)23-15-10-16(28-2)14(21)9-17(15)29-3/h4-7,9-11H,1,8,12H2,2-3H3,(H,23,27). The van der Waals surface area contributed by atoms with Gasteiger partial charge in [-0.05, 0) is 12.1 Å². The quantitative estimate of drug-likeness (QED) is 0.394. The fourth-order valence-corrected chi connectivity index (χ4v) is 3.65. The SMILES string of the molecule is C=CCn1c(SCC(=O)Nc2cc(OC)c(Cl)cc2OC)nnc1-c1cccnc1. The molecule has 8 nitrogen and oxygen atoms in total. The molecule has 0 fully saturated rings. The molecule has 0 unspecified atom stereocenters. The number of allylic oxidation sites excluding steroid dienone is 1. The van der Waals surface area contributed by atoms with Gasteiger partial charge in [0, 0.05) is 36.6 Å². The van der Waals surface area contributed by atoms with Gasteiger partial charge in [0.25, 0.3) is 0 Å². The second-order valence-electron chi connectivity index (χ2n) is 5.97. The number of thioether (sulfide) groups is 1. The lowest BCUT2D eigenvalue weighted by molar-refractivity contribution is -0.113. The lowest BCUT2D eigenvalue weighted by Gasteiger charge is -2.13. The molecule has 0 spiro atoms. The number of hydrogen-bond donors (Lipinski definition) is 1. The molecule has 1 amide bonds. The first-order chi connectivity index (χ1) is 14.6. The van der Waals surface area contributed by atoms with Gasteiger partial charge < -0.3 is 14.8 Å². The third-order valence-electron chi connectivity index (χ3n) is 4.03. The molecule has 0 atom stereocenters. The van der Waals surface area contributed by atoms with Crippen LogP contribution in [0.2, 0.25) is 5.02 Å². The maximum absolute atomic E-state index is 12.5. The minimum Gasteiger partial charge on any atom is -0.495 e. The van der Waals surface area contributed by atoms with Crippen LogP contribution in [0.15, 0.2) is 54.5 Å². The van der Waals surface area contributed by atoms with Crippen LogP contribution in [-0.2, 0) is 11.3 Å². The van der Waals surface area contributed by atoms with Crippen molar-refractivity contribution in [2.24, 2.45) is 0 Å². The van der Waals surface area contributed by atoms with Gasteiger partial charge in [0.2, 0.25) is 5.91 Å². The molecule has 0 bridgehead atoms. The number of rotatable bonds is 9. The van der Waals surface area contributed by atoms with E-state index in [0.29, 0.717) is 39.7 Å². The summed E-state index contributed by atoms with van der Waals surface area (Å²) in [6, 6.07) is 6.93. The molecule has 156 valence electrons. The predicted molar refractivity (Wildman–Crippen MR) is 117 cm³/mol. The van der Waals surface area contributed by atoms with Gasteiger partial charge in [-0.3, -0.25) is 14.3 Å². The number of amides is 1. The summed E-state index contributed by atoms with van der Waals surface area (Å²) in [6.07, 6.45) is 5.15. The van der Waals surface area contributed by atoms with Crippen molar-refractivity contribution in [1.82, 2.24) is 19.7 Å². The first-order valence-corrected chi connectivity index (χ1v) is 10.2. The highest BCUT2D eigenvalue weighted by molar-refractivity contribution is 7.99. The number of halogens is 1. The zero-order valence-corrected chi connectivity index (χ0v) is 18.0. The molecule has 0 aliphatic heterocycles. The van der Waals surface area contributed by atoms with Crippen LogP contribution >= 0.6 is 23.4 Å². The first kappa shape index (κ1) is 21.7. The van der Waals surface area contributed by atoms with Gasteiger partial charge in [-0.1, -0.05) is 29.4 Å². The van der Waals surface area contributed by atoms with Crippen molar-refractivity contribution >= 4 is 35.0 Å². The van der Waals surface area contributed by atoms with Crippen LogP contribution < -0.4 is 14.8 Å². The van der Waals surface area contributed by atoms with E-state index in [4.69, 9.17) is 21.1 Å². The van der Waals surface area contributed by atoms with E-state index in [0.717, 1.165) is 5.56 Å². The molecular weight excluding hydrogens is 426 g/mol. The number of pyridine rings is 1. The average molecular weight is 446 g/mol. The van der Waals surface area contributed by atoms with Gasteiger partial charge in [0.1, 0.15) is 11.5 Å². The number of methoxy groups -OCH3 is 2. The smallest absolute Gasteiger partial charge is 0.234 e.